The van der Waals surface area contributed by atoms with E-state index in [0.29, 0.717) is 41.8 Å². The largest absolute Gasteiger partial charge is 0.494 e. The highest BCUT2D eigenvalue weighted by Crippen LogP contribution is 2.44. The number of benzene rings is 2. The van der Waals surface area contributed by atoms with Gasteiger partial charge in [0.2, 0.25) is 0 Å². The summed E-state index contributed by atoms with van der Waals surface area (Å²) in [7, 11) is 3.21. The van der Waals surface area contributed by atoms with Gasteiger partial charge in [-0.05, 0) is 50.6 Å². The first-order valence-electron chi connectivity index (χ1n) is 10.1. The molecule has 0 saturated carbocycles. The lowest BCUT2D eigenvalue weighted by molar-refractivity contribution is -0.143. The molecule has 1 aliphatic heterocycles. The van der Waals surface area contributed by atoms with Gasteiger partial charge in [-0.3, -0.25) is 9.69 Å². The van der Waals surface area contributed by atoms with Gasteiger partial charge in [0.25, 0.3) is 0 Å². The van der Waals surface area contributed by atoms with Crippen LogP contribution in [0.5, 0.6) is 17.2 Å². The number of nitrogens with zero attached hydrogens (tertiary/aromatic N) is 1. The van der Waals surface area contributed by atoms with Crippen LogP contribution in [-0.2, 0) is 4.79 Å². The fourth-order valence-electron chi connectivity index (χ4n) is 4.15. The Morgan fingerprint density at radius 1 is 1.20 bits per heavy atom. The van der Waals surface area contributed by atoms with Crippen LogP contribution in [0.3, 0.4) is 0 Å². The Labute approximate surface area is 182 Å². The number of piperidine rings is 1. The van der Waals surface area contributed by atoms with Gasteiger partial charge < -0.3 is 19.3 Å². The topological polar surface area (TPSA) is 68.2 Å². The van der Waals surface area contributed by atoms with Gasteiger partial charge in [-0.15, -0.1) is 0 Å². The summed E-state index contributed by atoms with van der Waals surface area (Å²) in [5.41, 5.74) is 1.76. The zero-order valence-electron chi connectivity index (χ0n) is 17.6. The van der Waals surface area contributed by atoms with Crippen LogP contribution in [-0.4, -0.2) is 49.9 Å². The summed E-state index contributed by atoms with van der Waals surface area (Å²) in [6.07, 6.45) is 1.46. The quantitative estimate of drug-likeness (QED) is 0.654. The lowest BCUT2D eigenvalue weighted by atomic mass is 9.90. The van der Waals surface area contributed by atoms with Crippen molar-refractivity contribution in [2.45, 2.75) is 25.8 Å². The lowest BCUT2D eigenvalue weighted by Crippen LogP contribution is -2.41. The van der Waals surface area contributed by atoms with Gasteiger partial charge in [0.05, 0.1) is 32.8 Å². The molecule has 0 spiro atoms. The third-order valence-electron chi connectivity index (χ3n) is 5.46. The van der Waals surface area contributed by atoms with Gasteiger partial charge in [-0.25, -0.2) is 0 Å². The number of ether oxygens (including phenoxy) is 3. The zero-order chi connectivity index (χ0) is 21.7. The molecule has 0 radical (unpaired) electrons. The molecule has 0 aliphatic carbocycles. The number of rotatable bonds is 8. The molecule has 2 atom stereocenters. The van der Waals surface area contributed by atoms with E-state index in [1.54, 1.807) is 20.3 Å². The Hall–Kier alpha value is -2.44. The van der Waals surface area contributed by atoms with Crippen LogP contribution in [0.25, 0.3) is 0 Å². The molecule has 3 rings (SSSR count). The van der Waals surface area contributed by atoms with E-state index in [2.05, 4.69) is 4.90 Å². The summed E-state index contributed by atoms with van der Waals surface area (Å²) < 4.78 is 17.2. The van der Waals surface area contributed by atoms with Gasteiger partial charge in [0.15, 0.2) is 11.5 Å². The standard InChI is InChI=1S/C23H28ClNO5/c1-4-30-19-11-10-16(24)13-18(19)21(25-12-6-7-15(14-25)23(26)27)17-8-5-9-20(28-2)22(17)29-3/h5,8-11,13,15,21H,4,6-7,12,14H2,1-3H3,(H,26,27). The molecular formula is C23H28ClNO5. The number of carboxylic acid groups (broad SMARTS) is 1. The molecule has 30 heavy (non-hydrogen) atoms. The molecule has 0 bridgehead atoms. The maximum atomic E-state index is 11.7. The minimum atomic E-state index is -0.771. The number of carbonyl (C=O) groups is 1. The van der Waals surface area contributed by atoms with Crippen molar-refractivity contribution in [3.63, 3.8) is 0 Å². The molecule has 1 fully saturated rings. The second kappa shape index (κ2) is 10.0. The van der Waals surface area contributed by atoms with Crippen molar-refractivity contribution in [2.24, 2.45) is 5.92 Å². The summed E-state index contributed by atoms with van der Waals surface area (Å²) in [5, 5.41) is 10.2. The van der Waals surface area contributed by atoms with Crippen LogP contribution >= 0.6 is 11.6 Å². The highest BCUT2D eigenvalue weighted by atomic mass is 35.5. The summed E-state index contributed by atoms with van der Waals surface area (Å²) in [5.74, 6) is 0.755. The first-order chi connectivity index (χ1) is 14.5. The van der Waals surface area contributed by atoms with Crippen LogP contribution in [0, 0.1) is 5.92 Å². The Balaban J connectivity index is 2.19. The maximum absolute atomic E-state index is 11.7. The molecule has 1 heterocycles. The number of halogens is 1. The Morgan fingerprint density at radius 2 is 2.00 bits per heavy atom. The van der Waals surface area contributed by atoms with Crippen molar-refractivity contribution in [1.29, 1.82) is 0 Å². The zero-order valence-corrected chi connectivity index (χ0v) is 18.3. The van der Waals surface area contributed by atoms with Crippen LogP contribution in [0.1, 0.15) is 36.9 Å². The first-order valence-corrected chi connectivity index (χ1v) is 10.5. The smallest absolute Gasteiger partial charge is 0.307 e. The van der Waals surface area contributed by atoms with Crippen molar-refractivity contribution < 1.29 is 24.1 Å². The van der Waals surface area contributed by atoms with Crippen LogP contribution in [0.4, 0.5) is 0 Å². The van der Waals surface area contributed by atoms with E-state index >= 15 is 0 Å². The van der Waals surface area contributed by atoms with Crippen molar-refractivity contribution in [1.82, 2.24) is 4.90 Å². The van der Waals surface area contributed by atoms with Crippen molar-refractivity contribution >= 4 is 17.6 Å². The fourth-order valence-corrected chi connectivity index (χ4v) is 4.33. The molecule has 6 nitrogen and oxygen atoms in total. The van der Waals surface area contributed by atoms with E-state index in [-0.39, 0.29) is 6.04 Å². The monoisotopic (exact) mass is 433 g/mol. The highest BCUT2D eigenvalue weighted by Gasteiger charge is 2.34. The van der Waals surface area contributed by atoms with E-state index in [4.69, 9.17) is 25.8 Å². The van der Waals surface area contributed by atoms with Gasteiger partial charge in [-0.1, -0.05) is 23.7 Å². The minimum Gasteiger partial charge on any atom is -0.494 e. The van der Waals surface area contributed by atoms with E-state index in [1.165, 1.54) is 0 Å². The number of hydrogen-bond acceptors (Lipinski definition) is 5. The fraction of sp³-hybridized carbons (Fsp3) is 0.435. The summed E-state index contributed by atoms with van der Waals surface area (Å²) >= 11 is 6.37. The molecule has 1 N–H and O–H groups in total. The molecule has 2 aromatic carbocycles. The van der Waals surface area contributed by atoms with Gasteiger partial charge in [0.1, 0.15) is 5.75 Å². The van der Waals surface area contributed by atoms with Gasteiger partial charge in [-0.2, -0.15) is 0 Å². The number of hydrogen-bond donors (Lipinski definition) is 1. The Morgan fingerprint density at radius 3 is 2.67 bits per heavy atom. The lowest BCUT2D eigenvalue weighted by Gasteiger charge is -2.38. The maximum Gasteiger partial charge on any atom is 0.307 e. The normalized spacial score (nSPS) is 17.9. The molecule has 162 valence electrons. The summed E-state index contributed by atoms with van der Waals surface area (Å²) in [6.45, 7) is 3.63. The minimum absolute atomic E-state index is 0.294. The molecule has 2 unspecified atom stereocenters. The number of carboxylic acids is 1. The van der Waals surface area contributed by atoms with E-state index in [0.717, 1.165) is 24.1 Å². The molecule has 7 heteroatoms. The summed E-state index contributed by atoms with van der Waals surface area (Å²) in [4.78, 5) is 13.9. The highest BCUT2D eigenvalue weighted by molar-refractivity contribution is 6.30. The van der Waals surface area contributed by atoms with Crippen molar-refractivity contribution in [3.05, 3.63) is 52.5 Å². The SMILES string of the molecule is CCOc1ccc(Cl)cc1C(c1cccc(OC)c1OC)N1CCCC(C(=O)O)C1. The second-order valence-electron chi connectivity index (χ2n) is 7.27. The Bertz CT molecular complexity index is 888. The predicted octanol–water partition coefficient (Wildman–Crippen LogP) is 4.64. The molecule has 2 aromatic rings. The van der Waals surface area contributed by atoms with Crippen LogP contribution in [0.2, 0.25) is 5.02 Å². The average molecular weight is 434 g/mol. The molecular weight excluding hydrogens is 406 g/mol. The molecule has 0 amide bonds. The van der Waals surface area contributed by atoms with Crippen LogP contribution in [0.15, 0.2) is 36.4 Å². The van der Waals surface area contributed by atoms with Crippen LogP contribution < -0.4 is 14.2 Å². The number of aliphatic carboxylic acids is 1. The second-order valence-corrected chi connectivity index (χ2v) is 7.71. The van der Waals surface area contributed by atoms with Gasteiger partial charge >= 0.3 is 5.97 Å². The molecule has 1 aliphatic rings. The third-order valence-corrected chi connectivity index (χ3v) is 5.70. The third kappa shape index (κ3) is 4.65. The average Bonchev–Trinajstić information content (AvgIpc) is 2.75. The van der Waals surface area contributed by atoms with Gasteiger partial charge in [0, 0.05) is 22.7 Å². The molecule has 0 aromatic heterocycles. The Kier molecular flexibility index (Phi) is 7.45. The predicted molar refractivity (Wildman–Crippen MR) is 116 cm³/mol. The van der Waals surface area contributed by atoms with Crippen molar-refractivity contribution in [2.75, 3.05) is 33.9 Å². The number of likely N-dealkylation sites (tertiary alicyclic amines) is 1. The number of methoxy groups -OCH3 is 2. The van der Waals surface area contributed by atoms with E-state index < -0.39 is 11.9 Å². The summed E-state index contributed by atoms with van der Waals surface area (Å²) in [6, 6.07) is 11.0. The number of para-hydroxylation sites is 1. The van der Waals surface area contributed by atoms with E-state index in [9.17, 15) is 9.90 Å². The van der Waals surface area contributed by atoms with Crippen molar-refractivity contribution in [3.8, 4) is 17.2 Å². The first kappa shape index (κ1) is 22.2. The molecule has 1 saturated heterocycles. The van der Waals surface area contributed by atoms with E-state index in [1.807, 2.05) is 37.3 Å².